The highest BCUT2D eigenvalue weighted by Gasteiger charge is 2.20. The van der Waals surface area contributed by atoms with E-state index >= 15 is 0 Å². The molecule has 1 aliphatic heterocycles. The molecule has 1 saturated heterocycles. The first-order valence-corrected chi connectivity index (χ1v) is 11.0. The van der Waals surface area contributed by atoms with Gasteiger partial charge >= 0.3 is 0 Å². The van der Waals surface area contributed by atoms with Crippen LogP contribution < -0.4 is 4.72 Å². The van der Waals surface area contributed by atoms with E-state index in [1.54, 1.807) is 24.3 Å². The quantitative estimate of drug-likeness (QED) is 0.862. The van der Waals surface area contributed by atoms with Gasteiger partial charge in [-0.1, -0.05) is 18.2 Å². The van der Waals surface area contributed by atoms with Crippen LogP contribution in [-0.2, 0) is 29.4 Å². The van der Waals surface area contributed by atoms with E-state index in [0.717, 1.165) is 56.3 Å². The van der Waals surface area contributed by atoms with Crippen LogP contribution >= 0.6 is 0 Å². The number of hydrogen-bond acceptors (Lipinski definition) is 3. The minimum atomic E-state index is -3.54. The van der Waals surface area contributed by atoms with Gasteiger partial charge in [-0.2, -0.15) is 0 Å². The van der Waals surface area contributed by atoms with Gasteiger partial charge in [-0.15, -0.1) is 0 Å². The van der Waals surface area contributed by atoms with E-state index < -0.39 is 10.0 Å². The molecular formula is C21H24N2O3S. The van der Waals surface area contributed by atoms with Crippen LogP contribution in [0.5, 0.6) is 0 Å². The minimum absolute atomic E-state index is 0.0535. The van der Waals surface area contributed by atoms with Crippen molar-refractivity contribution in [3.63, 3.8) is 0 Å². The smallest absolute Gasteiger partial charge is 0.253 e. The lowest BCUT2D eigenvalue weighted by atomic mass is 10.1. The highest BCUT2D eigenvalue weighted by atomic mass is 32.2. The van der Waals surface area contributed by atoms with E-state index in [2.05, 4.69) is 4.72 Å². The highest BCUT2D eigenvalue weighted by Crippen LogP contribution is 2.24. The Labute approximate surface area is 160 Å². The molecule has 0 radical (unpaired) electrons. The number of likely N-dealkylation sites (tertiary alicyclic amines) is 1. The third-order valence-electron chi connectivity index (χ3n) is 5.44. The summed E-state index contributed by atoms with van der Waals surface area (Å²) >= 11 is 0. The maximum Gasteiger partial charge on any atom is 0.253 e. The molecular weight excluding hydrogens is 360 g/mol. The van der Waals surface area contributed by atoms with E-state index in [-0.39, 0.29) is 12.5 Å². The van der Waals surface area contributed by atoms with Crippen molar-refractivity contribution in [1.82, 2.24) is 9.62 Å². The standard InChI is InChI=1S/C21H24N2O3S/c24-21(23-12-1-2-13-23)18-8-6-16(7-9-18)15-22-27(25,26)20-11-10-17-4-3-5-19(17)14-20/h6-11,14,22H,1-5,12-13,15H2. The molecule has 2 aromatic rings. The van der Waals surface area contributed by atoms with E-state index in [1.807, 2.05) is 23.1 Å². The Bertz CT molecular complexity index is 946. The summed E-state index contributed by atoms with van der Waals surface area (Å²) in [5.74, 6) is 0.0535. The van der Waals surface area contributed by atoms with Crippen LogP contribution in [0.4, 0.5) is 0 Å². The Hall–Kier alpha value is -2.18. The number of nitrogens with zero attached hydrogens (tertiary/aromatic N) is 1. The third kappa shape index (κ3) is 3.92. The summed E-state index contributed by atoms with van der Waals surface area (Å²) < 4.78 is 27.8. The summed E-state index contributed by atoms with van der Waals surface area (Å²) in [7, 11) is -3.54. The fourth-order valence-corrected chi connectivity index (χ4v) is 4.91. The molecule has 0 unspecified atom stereocenters. The Kier molecular flexibility index (Phi) is 5.02. The largest absolute Gasteiger partial charge is 0.339 e. The van der Waals surface area contributed by atoms with Gasteiger partial charge in [0.1, 0.15) is 0 Å². The summed E-state index contributed by atoms with van der Waals surface area (Å²) in [5, 5.41) is 0. The van der Waals surface area contributed by atoms with Crippen molar-refractivity contribution in [2.24, 2.45) is 0 Å². The summed E-state index contributed by atoms with van der Waals surface area (Å²) in [5.41, 5.74) is 3.88. The predicted molar refractivity (Wildman–Crippen MR) is 104 cm³/mol. The van der Waals surface area contributed by atoms with E-state index in [9.17, 15) is 13.2 Å². The van der Waals surface area contributed by atoms with E-state index in [0.29, 0.717) is 10.5 Å². The summed E-state index contributed by atoms with van der Waals surface area (Å²) in [6, 6.07) is 12.6. The van der Waals surface area contributed by atoms with Crippen molar-refractivity contribution in [3.8, 4) is 0 Å². The molecule has 0 aromatic heterocycles. The molecule has 27 heavy (non-hydrogen) atoms. The van der Waals surface area contributed by atoms with Gasteiger partial charge < -0.3 is 4.90 Å². The van der Waals surface area contributed by atoms with Crippen LogP contribution in [0.3, 0.4) is 0 Å². The zero-order chi connectivity index (χ0) is 18.9. The minimum Gasteiger partial charge on any atom is -0.339 e. The molecule has 1 amide bonds. The summed E-state index contributed by atoms with van der Waals surface area (Å²) in [6.07, 6.45) is 5.20. The van der Waals surface area contributed by atoms with Crippen LogP contribution in [0, 0.1) is 0 Å². The molecule has 2 aliphatic rings. The first-order valence-electron chi connectivity index (χ1n) is 9.53. The molecule has 1 aliphatic carbocycles. The lowest BCUT2D eigenvalue weighted by Crippen LogP contribution is -2.27. The van der Waals surface area contributed by atoms with Gasteiger partial charge in [0.25, 0.3) is 5.91 Å². The fourth-order valence-electron chi connectivity index (χ4n) is 3.84. The first kappa shape index (κ1) is 18.2. The number of hydrogen-bond donors (Lipinski definition) is 1. The maximum absolute atomic E-state index is 12.6. The molecule has 1 heterocycles. The Morgan fingerprint density at radius 2 is 1.63 bits per heavy atom. The molecule has 4 rings (SSSR count). The number of aryl methyl sites for hydroxylation is 2. The third-order valence-corrected chi connectivity index (χ3v) is 6.84. The number of rotatable bonds is 5. The average molecular weight is 385 g/mol. The second-order valence-electron chi connectivity index (χ2n) is 7.30. The second-order valence-corrected chi connectivity index (χ2v) is 9.07. The summed E-state index contributed by atoms with van der Waals surface area (Å²) in [6.45, 7) is 1.85. The number of carbonyl (C=O) groups is 1. The first-order chi connectivity index (χ1) is 13.0. The van der Waals surface area contributed by atoms with Gasteiger partial charge in [-0.3, -0.25) is 4.79 Å². The molecule has 142 valence electrons. The molecule has 0 spiro atoms. The molecule has 1 fully saturated rings. The molecule has 6 heteroatoms. The number of nitrogens with one attached hydrogen (secondary N) is 1. The molecule has 5 nitrogen and oxygen atoms in total. The Balaban J connectivity index is 1.41. The van der Waals surface area contributed by atoms with Gasteiger partial charge in [0.05, 0.1) is 4.90 Å². The number of fused-ring (bicyclic) bond motifs is 1. The number of carbonyl (C=O) groups excluding carboxylic acids is 1. The van der Waals surface area contributed by atoms with Gasteiger partial charge in [-0.25, -0.2) is 13.1 Å². The summed E-state index contributed by atoms with van der Waals surface area (Å²) in [4.78, 5) is 14.6. The van der Waals surface area contributed by atoms with Crippen molar-refractivity contribution in [1.29, 1.82) is 0 Å². The van der Waals surface area contributed by atoms with Gasteiger partial charge in [0.15, 0.2) is 0 Å². The van der Waals surface area contributed by atoms with Crippen LogP contribution in [0.2, 0.25) is 0 Å². The fraction of sp³-hybridized carbons (Fsp3) is 0.381. The molecule has 0 bridgehead atoms. The van der Waals surface area contributed by atoms with Crippen LogP contribution in [-0.4, -0.2) is 32.3 Å². The number of benzene rings is 2. The predicted octanol–water partition coefficient (Wildman–Crippen LogP) is 2.89. The molecule has 0 saturated carbocycles. The topological polar surface area (TPSA) is 66.5 Å². The van der Waals surface area contributed by atoms with Gasteiger partial charge in [0, 0.05) is 25.2 Å². The van der Waals surface area contributed by atoms with Crippen LogP contribution in [0.1, 0.15) is 46.3 Å². The molecule has 0 atom stereocenters. The lowest BCUT2D eigenvalue weighted by molar-refractivity contribution is 0.0793. The van der Waals surface area contributed by atoms with Gasteiger partial charge in [0.2, 0.25) is 10.0 Å². The van der Waals surface area contributed by atoms with E-state index in [1.165, 1.54) is 5.56 Å². The number of sulfonamides is 1. The molecule has 1 N–H and O–H groups in total. The van der Waals surface area contributed by atoms with Crippen molar-refractivity contribution >= 4 is 15.9 Å². The number of amides is 1. The SMILES string of the molecule is O=C(c1ccc(CNS(=O)(=O)c2ccc3c(c2)CCC3)cc1)N1CCCC1. The monoisotopic (exact) mass is 384 g/mol. The second kappa shape index (κ2) is 7.44. The van der Waals surface area contributed by atoms with Gasteiger partial charge in [-0.05, 0) is 73.1 Å². The Morgan fingerprint density at radius 1 is 0.926 bits per heavy atom. The van der Waals surface area contributed by atoms with Crippen molar-refractivity contribution in [2.45, 2.75) is 43.5 Å². The Morgan fingerprint density at radius 3 is 2.37 bits per heavy atom. The van der Waals surface area contributed by atoms with Crippen molar-refractivity contribution in [3.05, 3.63) is 64.7 Å². The zero-order valence-corrected chi connectivity index (χ0v) is 16.1. The maximum atomic E-state index is 12.6. The molecule has 2 aromatic carbocycles. The van der Waals surface area contributed by atoms with Crippen LogP contribution in [0.15, 0.2) is 47.4 Å². The van der Waals surface area contributed by atoms with Crippen molar-refractivity contribution in [2.75, 3.05) is 13.1 Å². The average Bonchev–Trinajstić information content (AvgIpc) is 3.37. The van der Waals surface area contributed by atoms with Crippen molar-refractivity contribution < 1.29 is 13.2 Å². The lowest BCUT2D eigenvalue weighted by Gasteiger charge is -2.15. The highest BCUT2D eigenvalue weighted by molar-refractivity contribution is 7.89. The zero-order valence-electron chi connectivity index (χ0n) is 15.3. The van der Waals surface area contributed by atoms with Crippen LogP contribution in [0.25, 0.3) is 0 Å². The normalized spacial score (nSPS) is 16.5. The van der Waals surface area contributed by atoms with E-state index in [4.69, 9.17) is 0 Å².